The predicted molar refractivity (Wildman–Crippen MR) is 135 cm³/mol. The van der Waals surface area contributed by atoms with Crippen molar-refractivity contribution in [2.75, 3.05) is 17.7 Å². The van der Waals surface area contributed by atoms with Crippen molar-refractivity contribution >= 4 is 83.9 Å². The molecule has 0 aliphatic carbocycles. The highest BCUT2D eigenvalue weighted by atomic mass is 127. The lowest BCUT2D eigenvalue weighted by Crippen LogP contribution is -2.38. The van der Waals surface area contributed by atoms with E-state index in [1.807, 2.05) is 59.3 Å². The summed E-state index contributed by atoms with van der Waals surface area (Å²) in [5.41, 5.74) is 2.25. The van der Waals surface area contributed by atoms with Crippen molar-refractivity contribution in [3.63, 3.8) is 0 Å². The van der Waals surface area contributed by atoms with Crippen molar-refractivity contribution in [3.05, 3.63) is 69.1 Å². The smallest absolute Gasteiger partial charge is 0.253 e. The lowest BCUT2D eigenvalue weighted by atomic mass is 10.1. The molecule has 5 rings (SSSR count). The number of sulfonamides is 1. The van der Waals surface area contributed by atoms with E-state index >= 15 is 0 Å². The van der Waals surface area contributed by atoms with Gasteiger partial charge in [0.25, 0.3) is 5.91 Å². The Labute approximate surface area is 202 Å². The second-order valence-electron chi connectivity index (χ2n) is 7.30. The molecule has 0 fully saturated rings. The lowest BCUT2D eigenvalue weighted by molar-refractivity contribution is -0.117. The molecular weight excluding hydrogens is 561 g/mol. The fourth-order valence-corrected chi connectivity index (χ4v) is 5.55. The third-order valence-corrected chi connectivity index (χ3v) is 7.19. The number of halogens is 1. The molecule has 1 aliphatic rings. The highest BCUT2D eigenvalue weighted by Gasteiger charge is 2.28. The molecule has 1 aliphatic heterocycles. The van der Waals surface area contributed by atoms with Crippen LogP contribution in [-0.2, 0) is 14.8 Å². The van der Waals surface area contributed by atoms with Crippen LogP contribution in [-0.4, -0.2) is 32.1 Å². The Morgan fingerprint density at radius 1 is 1.19 bits per heavy atom. The standard InChI is InChI=1S/C22H16IN3O4S2/c1-32(28,29)25-20(27)12-26-17-10-15(23)6-7-19(17)31-22(26)11-21-24-16-8-13-4-2-3-5-14(13)9-18(16)30-21/h2-11H,12H2,1H3,(H,25,27)/b22-11-. The van der Waals surface area contributed by atoms with E-state index in [1.54, 1.807) is 11.0 Å². The molecular formula is C22H16IN3O4S2. The van der Waals surface area contributed by atoms with E-state index in [9.17, 15) is 13.2 Å². The van der Waals surface area contributed by atoms with E-state index in [0.29, 0.717) is 11.5 Å². The number of thioether (sulfide) groups is 1. The van der Waals surface area contributed by atoms with E-state index in [0.717, 1.165) is 41.7 Å². The van der Waals surface area contributed by atoms with Gasteiger partial charge < -0.3 is 9.32 Å². The van der Waals surface area contributed by atoms with Crippen LogP contribution in [0, 0.1) is 3.57 Å². The second kappa shape index (κ2) is 8.09. The molecule has 7 nitrogen and oxygen atoms in total. The van der Waals surface area contributed by atoms with E-state index in [2.05, 4.69) is 27.6 Å². The molecule has 4 aromatic rings. The van der Waals surface area contributed by atoms with Crippen molar-refractivity contribution in [1.82, 2.24) is 9.71 Å². The highest BCUT2D eigenvalue weighted by Crippen LogP contribution is 2.47. The Kier molecular flexibility index (Phi) is 5.38. The van der Waals surface area contributed by atoms with Gasteiger partial charge >= 0.3 is 0 Å². The van der Waals surface area contributed by atoms with E-state index in [4.69, 9.17) is 4.42 Å². The van der Waals surface area contributed by atoms with Gasteiger partial charge in [-0.25, -0.2) is 13.4 Å². The molecule has 0 saturated heterocycles. The number of carbonyl (C=O) groups excluding carboxylic acids is 1. The topological polar surface area (TPSA) is 92.5 Å². The molecule has 0 radical (unpaired) electrons. The van der Waals surface area contributed by atoms with Gasteiger partial charge in [-0.3, -0.25) is 9.52 Å². The van der Waals surface area contributed by atoms with Gasteiger partial charge in [0.15, 0.2) is 5.58 Å². The average molecular weight is 577 g/mol. The molecule has 32 heavy (non-hydrogen) atoms. The van der Waals surface area contributed by atoms with Crippen molar-refractivity contribution in [2.24, 2.45) is 0 Å². The highest BCUT2D eigenvalue weighted by molar-refractivity contribution is 14.1. The number of anilines is 1. The largest absolute Gasteiger partial charge is 0.437 e. The minimum Gasteiger partial charge on any atom is -0.437 e. The third-order valence-electron chi connectivity index (χ3n) is 4.81. The summed E-state index contributed by atoms with van der Waals surface area (Å²) < 4.78 is 32.0. The summed E-state index contributed by atoms with van der Waals surface area (Å²) in [5, 5.41) is 2.86. The quantitative estimate of drug-likeness (QED) is 0.356. The van der Waals surface area contributed by atoms with Crippen LogP contribution < -0.4 is 9.62 Å². The summed E-state index contributed by atoms with van der Waals surface area (Å²) in [6.45, 7) is -0.150. The van der Waals surface area contributed by atoms with Gasteiger partial charge in [-0.1, -0.05) is 36.0 Å². The summed E-state index contributed by atoms with van der Waals surface area (Å²) in [4.78, 5) is 19.7. The second-order valence-corrected chi connectivity index (χ2v) is 11.4. The zero-order valence-corrected chi connectivity index (χ0v) is 20.5. The first-order chi connectivity index (χ1) is 15.2. The maximum absolute atomic E-state index is 12.4. The summed E-state index contributed by atoms with van der Waals surface area (Å²) >= 11 is 3.68. The Morgan fingerprint density at radius 3 is 2.69 bits per heavy atom. The number of oxazole rings is 1. The number of nitrogens with zero attached hydrogens (tertiary/aromatic N) is 2. The number of rotatable bonds is 4. The molecule has 0 saturated carbocycles. The first-order valence-electron chi connectivity index (χ1n) is 9.52. The van der Waals surface area contributed by atoms with Gasteiger partial charge in [0, 0.05) is 14.5 Å². The summed E-state index contributed by atoms with van der Waals surface area (Å²) in [5.74, 6) is -0.205. The molecule has 0 spiro atoms. The van der Waals surface area contributed by atoms with Crippen LogP contribution in [0.3, 0.4) is 0 Å². The number of benzene rings is 3. The van der Waals surface area contributed by atoms with Crippen LogP contribution in [0.25, 0.3) is 27.9 Å². The van der Waals surface area contributed by atoms with Gasteiger partial charge in [0.1, 0.15) is 12.1 Å². The molecule has 162 valence electrons. The zero-order valence-electron chi connectivity index (χ0n) is 16.7. The maximum Gasteiger partial charge on any atom is 0.253 e. The summed E-state index contributed by atoms with van der Waals surface area (Å²) in [6.07, 6.45) is 2.73. The fraction of sp³-hybridized carbons (Fsp3) is 0.0909. The number of carbonyl (C=O) groups is 1. The van der Waals surface area contributed by atoms with Crippen molar-refractivity contribution < 1.29 is 17.6 Å². The fourth-order valence-electron chi connectivity index (χ4n) is 3.53. The Bertz CT molecular complexity index is 1480. The number of fused-ring (bicyclic) bond motifs is 3. The lowest BCUT2D eigenvalue weighted by Gasteiger charge is -2.19. The van der Waals surface area contributed by atoms with E-state index in [-0.39, 0.29) is 6.54 Å². The van der Waals surface area contributed by atoms with E-state index < -0.39 is 15.9 Å². The number of aromatic nitrogens is 1. The van der Waals surface area contributed by atoms with Crippen molar-refractivity contribution in [3.8, 4) is 0 Å². The minimum atomic E-state index is -3.65. The molecule has 0 atom stereocenters. The number of nitrogens with one attached hydrogen (secondary N) is 1. The van der Waals surface area contributed by atoms with Gasteiger partial charge in [0.2, 0.25) is 15.9 Å². The molecule has 1 aromatic heterocycles. The molecule has 2 heterocycles. The first-order valence-corrected chi connectivity index (χ1v) is 13.3. The Balaban J connectivity index is 1.54. The van der Waals surface area contributed by atoms with Crippen LogP contribution in [0.4, 0.5) is 5.69 Å². The van der Waals surface area contributed by atoms with Gasteiger partial charge in [-0.2, -0.15) is 0 Å². The maximum atomic E-state index is 12.4. The summed E-state index contributed by atoms with van der Waals surface area (Å²) in [6, 6.07) is 17.8. The zero-order chi connectivity index (χ0) is 22.5. The third kappa shape index (κ3) is 4.34. The van der Waals surface area contributed by atoms with Crippen LogP contribution >= 0.6 is 34.4 Å². The van der Waals surface area contributed by atoms with Crippen molar-refractivity contribution in [1.29, 1.82) is 0 Å². The molecule has 0 bridgehead atoms. The molecule has 1 amide bonds. The molecule has 1 N–H and O–H groups in total. The van der Waals surface area contributed by atoms with E-state index in [1.165, 1.54) is 11.8 Å². The van der Waals surface area contributed by atoms with Crippen LogP contribution in [0.1, 0.15) is 5.89 Å². The van der Waals surface area contributed by atoms with Gasteiger partial charge in [-0.15, -0.1) is 0 Å². The van der Waals surface area contributed by atoms with Crippen LogP contribution in [0.2, 0.25) is 0 Å². The average Bonchev–Trinajstić information content (AvgIpc) is 3.25. The van der Waals surface area contributed by atoms with Crippen molar-refractivity contribution in [2.45, 2.75) is 4.90 Å². The number of hydrogen-bond donors (Lipinski definition) is 1. The Hall–Kier alpha value is -2.57. The molecule has 0 unspecified atom stereocenters. The minimum absolute atomic E-state index is 0.150. The van der Waals surface area contributed by atoms with Gasteiger partial charge in [-0.05, 0) is 63.7 Å². The van der Waals surface area contributed by atoms with Crippen LogP contribution in [0.5, 0.6) is 0 Å². The Morgan fingerprint density at radius 2 is 1.94 bits per heavy atom. The monoisotopic (exact) mass is 577 g/mol. The SMILES string of the molecule is CS(=O)(=O)NC(=O)CN1/C(=C/c2nc3cc4ccccc4cc3o2)Sc2ccc(I)cc21. The number of amides is 1. The van der Waals surface area contributed by atoms with Crippen LogP contribution in [0.15, 0.2) is 68.9 Å². The van der Waals surface area contributed by atoms with Gasteiger partial charge in [0.05, 0.1) is 17.0 Å². The number of hydrogen-bond acceptors (Lipinski definition) is 7. The summed E-state index contributed by atoms with van der Waals surface area (Å²) in [7, 11) is -3.65. The molecule has 10 heteroatoms. The first kappa shape index (κ1) is 21.3. The normalized spacial score (nSPS) is 14.9. The molecule has 3 aromatic carbocycles. The predicted octanol–water partition coefficient (Wildman–Crippen LogP) is 4.57.